The van der Waals surface area contributed by atoms with E-state index in [9.17, 15) is 26.4 Å². The third-order valence-corrected chi connectivity index (χ3v) is 13.4. The Hall–Kier alpha value is -5.65. The molecule has 0 radical (unpaired) electrons. The van der Waals surface area contributed by atoms with Crippen LogP contribution in [0.25, 0.3) is 0 Å². The maximum Gasteiger partial charge on any atom is 0.416 e. The molecule has 1 saturated carbocycles. The lowest BCUT2D eigenvalue weighted by molar-refractivity contribution is -0.137. The monoisotopic (exact) mass is 897 g/mol. The number of carbonyl (C=O) groups excluding carboxylic acids is 1. The molecule has 0 bridgehead atoms. The smallest absolute Gasteiger partial charge is 0.416 e. The highest BCUT2D eigenvalue weighted by atomic mass is 35.5. The first kappa shape index (κ1) is 44.4. The van der Waals surface area contributed by atoms with Crippen LogP contribution in [0.5, 0.6) is 17.2 Å². The molecule has 0 N–H and O–H groups in total. The molecule has 0 spiro atoms. The van der Waals surface area contributed by atoms with Crippen molar-refractivity contribution in [3.05, 3.63) is 137 Å². The molecular weight excluding hydrogens is 854 g/mol. The van der Waals surface area contributed by atoms with E-state index in [1.807, 2.05) is 42.3 Å². The summed E-state index contributed by atoms with van der Waals surface area (Å²) in [6, 6.07) is 22.0. The zero-order chi connectivity index (χ0) is 44.2. The van der Waals surface area contributed by atoms with Gasteiger partial charge in [0.1, 0.15) is 52.8 Å². The summed E-state index contributed by atoms with van der Waals surface area (Å²) >= 11 is 6.75. The predicted molar refractivity (Wildman–Crippen MR) is 222 cm³/mol. The minimum Gasteiger partial charge on any atom is -0.497 e. The lowest BCUT2D eigenvalue weighted by atomic mass is 9.78. The van der Waals surface area contributed by atoms with Crippen LogP contribution in [0.2, 0.25) is 5.02 Å². The number of aromatic nitrogens is 2. The first-order chi connectivity index (χ1) is 29.7. The van der Waals surface area contributed by atoms with Crippen molar-refractivity contribution in [3.8, 4) is 17.2 Å². The van der Waals surface area contributed by atoms with Gasteiger partial charge < -0.3 is 23.8 Å². The van der Waals surface area contributed by atoms with E-state index in [-0.39, 0.29) is 41.7 Å². The predicted octanol–water partition coefficient (Wildman–Crippen LogP) is 8.74. The number of rotatable bonds is 14. The first-order valence-electron chi connectivity index (χ1n) is 19.7. The van der Waals surface area contributed by atoms with E-state index in [1.54, 1.807) is 29.2 Å². The van der Waals surface area contributed by atoms with Gasteiger partial charge >= 0.3 is 12.3 Å². The van der Waals surface area contributed by atoms with Gasteiger partial charge in [0.25, 0.3) is 10.0 Å². The number of likely N-dealkylation sites (N-methyl/N-ethyl adjacent to an activating group) is 1. The Bertz CT molecular complexity index is 2470. The number of methoxy groups -OCH3 is 2. The molecule has 1 aliphatic carbocycles. The fraction of sp³-hybridized carbons (Fsp3) is 0.341. The number of benzene rings is 4. The van der Waals surface area contributed by atoms with Gasteiger partial charge in [-0.05, 0) is 67.6 Å². The van der Waals surface area contributed by atoms with Gasteiger partial charge in [-0.2, -0.15) is 13.2 Å². The van der Waals surface area contributed by atoms with E-state index in [1.165, 1.54) is 32.5 Å². The number of ether oxygens (including phenoxy) is 4. The van der Waals surface area contributed by atoms with Crippen molar-refractivity contribution in [1.29, 1.82) is 0 Å². The van der Waals surface area contributed by atoms with Crippen LogP contribution in [-0.2, 0) is 34.1 Å². The Morgan fingerprint density at radius 1 is 0.935 bits per heavy atom. The van der Waals surface area contributed by atoms with Crippen LogP contribution in [0, 0.1) is 5.82 Å². The topological polar surface area (TPSA) is 124 Å². The third kappa shape index (κ3) is 9.85. The number of halogens is 5. The van der Waals surface area contributed by atoms with Gasteiger partial charge in [0.2, 0.25) is 0 Å². The second-order valence-corrected chi connectivity index (χ2v) is 17.3. The van der Waals surface area contributed by atoms with E-state index in [2.05, 4.69) is 9.97 Å². The maximum atomic E-state index is 16.3. The highest BCUT2D eigenvalue weighted by Gasteiger charge is 2.43. The molecule has 328 valence electrons. The SMILES string of the molecule is COc1ccc(CN(c2ccncn2)S(=O)(=O)c2cc(Cl)c(O[C@H]3CC[C@H](c4cccc(C(F)(F)F)c4)C[C@@H]3N(C)C3CN(C(=O)OCc4ccccc4)C3)cc2F)c(OC)c1. The van der Waals surface area contributed by atoms with E-state index in [0.717, 1.165) is 40.5 Å². The Balaban J connectivity index is 1.13. The minimum atomic E-state index is -4.70. The van der Waals surface area contributed by atoms with Gasteiger partial charge in [-0.1, -0.05) is 60.1 Å². The molecule has 12 nitrogen and oxygen atoms in total. The van der Waals surface area contributed by atoms with Crippen LogP contribution in [-0.4, -0.2) is 86.8 Å². The number of carbonyl (C=O) groups is 1. The van der Waals surface area contributed by atoms with Gasteiger partial charge in [-0.25, -0.2) is 31.9 Å². The number of nitrogens with zero attached hydrogens (tertiary/aromatic N) is 5. The summed E-state index contributed by atoms with van der Waals surface area (Å²) in [7, 11) is 0.0503. The van der Waals surface area contributed by atoms with Crippen molar-refractivity contribution in [3.63, 3.8) is 0 Å². The highest BCUT2D eigenvalue weighted by molar-refractivity contribution is 7.92. The number of amides is 1. The Labute approximate surface area is 362 Å². The molecule has 4 aromatic carbocycles. The molecule has 62 heavy (non-hydrogen) atoms. The van der Waals surface area contributed by atoms with Crippen molar-refractivity contribution < 1.29 is 49.7 Å². The average Bonchev–Trinajstić information content (AvgIpc) is 3.25. The van der Waals surface area contributed by atoms with E-state index in [0.29, 0.717) is 55.0 Å². The molecule has 2 fully saturated rings. The molecule has 1 aliphatic heterocycles. The number of anilines is 1. The highest BCUT2D eigenvalue weighted by Crippen LogP contribution is 2.42. The number of sulfonamides is 1. The summed E-state index contributed by atoms with van der Waals surface area (Å²) in [4.78, 5) is 23.8. The molecule has 1 saturated heterocycles. The molecular formula is C44H44ClF4N5O7S. The number of hydrogen-bond acceptors (Lipinski definition) is 10. The first-order valence-corrected chi connectivity index (χ1v) is 21.5. The quantitative estimate of drug-likeness (QED) is 0.100. The molecule has 2 heterocycles. The van der Waals surface area contributed by atoms with E-state index >= 15 is 4.39 Å². The van der Waals surface area contributed by atoms with Gasteiger partial charge in [-0.3, -0.25) is 4.90 Å². The second kappa shape index (κ2) is 18.8. The lowest BCUT2D eigenvalue weighted by Gasteiger charge is -2.49. The van der Waals surface area contributed by atoms with Crippen molar-refractivity contribution in [2.75, 3.05) is 38.7 Å². The Kier molecular flexibility index (Phi) is 13.4. The Morgan fingerprint density at radius 2 is 1.71 bits per heavy atom. The van der Waals surface area contributed by atoms with Crippen LogP contribution >= 0.6 is 11.6 Å². The Morgan fingerprint density at radius 3 is 2.40 bits per heavy atom. The molecule has 18 heteroatoms. The summed E-state index contributed by atoms with van der Waals surface area (Å²) in [6.45, 7) is 0.458. The van der Waals surface area contributed by atoms with Gasteiger partial charge in [0.15, 0.2) is 0 Å². The van der Waals surface area contributed by atoms with Crippen LogP contribution in [0.4, 0.5) is 28.2 Å². The van der Waals surface area contributed by atoms with Gasteiger partial charge in [-0.15, -0.1) is 0 Å². The second-order valence-electron chi connectivity index (χ2n) is 15.1. The largest absolute Gasteiger partial charge is 0.497 e. The molecule has 5 aromatic rings. The zero-order valence-corrected chi connectivity index (χ0v) is 35.5. The minimum absolute atomic E-state index is 0.0452. The van der Waals surface area contributed by atoms with Crippen LogP contribution in [0.15, 0.2) is 108 Å². The van der Waals surface area contributed by atoms with Crippen LogP contribution in [0.1, 0.15) is 47.4 Å². The summed E-state index contributed by atoms with van der Waals surface area (Å²) in [5.74, 6) is -0.794. The molecule has 1 amide bonds. The molecule has 1 aromatic heterocycles. The van der Waals surface area contributed by atoms with Crippen LogP contribution < -0.4 is 18.5 Å². The van der Waals surface area contributed by atoms with Gasteiger partial charge in [0.05, 0.1) is 31.4 Å². The molecule has 2 aliphatic rings. The number of alkyl halides is 3. The van der Waals surface area contributed by atoms with E-state index in [4.69, 9.17) is 30.5 Å². The molecule has 7 rings (SSSR count). The van der Waals surface area contributed by atoms with Crippen LogP contribution in [0.3, 0.4) is 0 Å². The van der Waals surface area contributed by atoms with E-state index < -0.39 is 50.7 Å². The normalized spacial score (nSPS) is 18.2. The van der Waals surface area contributed by atoms with Crippen molar-refractivity contribution in [1.82, 2.24) is 19.8 Å². The summed E-state index contributed by atoms with van der Waals surface area (Å²) in [6.07, 6.45) is -1.99. The lowest BCUT2D eigenvalue weighted by Crippen LogP contribution is -2.64. The standard InChI is InChI=1S/C44H44ClF4N5O7S/c1-52(33-24-53(25-33)43(55)60-26-28-8-5-4-6-9-28)37-19-30(29-10-7-11-32(18-29)44(47,48)49)13-15-38(37)61-40-22-36(46)41(21-35(40)45)62(56,57)54(42-16-17-50-27-51-42)23-31-12-14-34(58-2)20-39(31)59-3/h4-12,14,16-18,20-22,27,30,33,37-38H,13,15,19,23-26H2,1-3H3/t30-,37-,38-/m0/s1. The van der Waals surface area contributed by atoms with Crippen molar-refractivity contribution in [2.24, 2.45) is 0 Å². The fourth-order valence-electron chi connectivity index (χ4n) is 7.84. The fourth-order valence-corrected chi connectivity index (χ4v) is 9.58. The van der Waals surface area contributed by atoms with Crippen molar-refractivity contribution in [2.45, 2.75) is 67.6 Å². The molecule has 0 unspecified atom stereocenters. The maximum absolute atomic E-state index is 16.3. The number of likely N-dealkylation sites (tertiary alicyclic amines) is 1. The molecule has 3 atom stereocenters. The summed E-state index contributed by atoms with van der Waals surface area (Å²) < 4.78 is 110. The van der Waals surface area contributed by atoms with Gasteiger partial charge in [0, 0.05) is 55.1 Å². The zero-order valence-electron chi connectivity index (χ0n) is 34.0. The third-order valence-electron chi connectivity index (χ3n) is 11.3. The summed E-state index contributed by atoms with van der Waals surface area (Å²) in [5, 5.41) is -0.188. The number of hydrogen-bond donors (Lipinski definition) is 0. The van der Waals surface area contributed by atoms with Crippen molar-refractivity contribution >= 4 is 33.5 Å². The average molecular weight is 898 g/mol. The summed E-state index contributed by atoms with van der Waals surface area (Å²) in [5.41, 5.74) is 1.04.